The molecule has 6 nitrogen and oxygen atoms in total. The van der Waals surface area contributed by atoms with Crippen LogP contribution in [-0.2, 0) is 14.3 Å². The molecule has 0 radical (unpaired) electrons. The molecule has 7 heteroatoms. The molecule has 0 spiro atoms. The number of esters is 2. The Balaban J connectivity index is 2.34. The molecule has 0 bridgehead atoms. The third-order valence-corrected chi connectivity index (χ3v) is 3.73. The highest BCUT2D eigenvalue weighted by atomic mass is 32.1. The van der Waals surface area contributed by atoms with Gasteiger partial charge in [0.1, 0.15) is 10.8 Å². The van der Waals surface area contributed by atoms with Crippen molar-refractivity contribution in [3.8, 4) is 5.75 Å². The van der Waals surface area contributed by atoms with Gasteiger partial charge in [-0.05, 0) is 17.7 Å². The van der Waals surface area contributed by atoms with Crippen molar-refractivity contribution in [3.63, 3.8) is 0 Å². The number of hydrogen-bond acceptors (Lipinski definition) is 7. The van der Waals surface area contributed by atoms with Gasteiger partial charge in [0.15, 0.2) is 11.8 Å². The lowest BCUT2D eigenvalue weighted by molar-refractivity contribution is -0.144. The van der Waals surface area contributed by atoms with Gasteiger partial charge in [-0.2, -0.15) is 0 Å². The van der Waals surface area contributed by atoms with Crippen LogP contribution in [0.15, 0.2) is 29.6 Å². The molecule has 1 heterocycles. The second kappa shape index (κ2) is 7.04. The van der Waals surface area contributed by atoms with Gasteiger partial charge in [0.05, 0.1) is 14.2 Å². The fraction of sp³-hybridized carbons (Fsp3) is 0.267. The number of benzene rings is 1. The zero-order chi connectivity index (χ0) is 16.1. The molecule has 1 atom stereocenters. The van der Waals surface area contributed by atoms with E-state index in [0.29, 0.717) is 10.8 Å². The van der Waals surface area contributed by atoms with E-state index >= 15 is 0 Å². The maximum absolute atomic E-state index is 11.5. The van der Waals surface area contributed by atoms with Crippen LogP contribution in [-0.4, -0.2) is 31.1 Å². The second-order valence-electron chi connectivity index (χ2n) is 4.33. The lowest BCUT2D eigenvalue weighted by atomic mass is 10.1. The number of methoxy groups -OCH3 is 2. The SMILES string of the molecule is COC(=O)c1csc(C(OC(C)=O)c2ccc(OC)cc2)n1. The van der Waals surface area contributed by atoms with Gasteiger partial charge in [-0.3, -0.25) is 4.79 Å². The maximum Gasteiger partial charge on any atom is 0.357 e. The van der Waals surface area contributed by atoms with E-state index in [9.17, 15) is 9.59 Å². The Labute approximate surface area is 131 Å². The van der Waals surface area contributed by atoms with E-state index in [1.165, 1.54) is 25.4 Å². The van der Waals surface area contributed by atoms with Crippen molar-refractivity contribution < 1.29 is 23.8 Å². The van der Waals surface area contributed by atoms with Crippen LogP contribution >= 0.6 is 11.3 Å². The molecule has 116 valence electrons. The van der Waals surface area contributed by atoms with Crippen molar-refractivity contribution in [2.24, 2.45) is 0 Å². The number of nitrogens with zero attached hydrogens (tertiary/aromatic N) is 1. The van der Waals surface area contributed by atoms with Crippen LogP contribution in [0.2, 0.25) is 0 Å². The van der Waals surface area contributed by atoms with Crippen LogP contribution in [0.3, 0.4) is 0 Å². The average Bonchev–Trinajstić information content (AvgIpc) is 3.01. The number of thiazole rings is 1. The minimum absolute atomic E-state index is 0.188. The maximum atomic E-state index is 11.5. The topological polar surface area (TPSA) is 74.7 Å². The number of rotatable bonds is 5. The zero-order valence-corrected chi connectivity index (χ0v) is 13.2. The summed E-state index contributed by atoms with van der Waals surface area (Å²) in [5, 5.41) is 2.07. The molecule has 0 amide bonds. The van der Waals surface area contributed by atoms with Crippen LogP contribution in [0.1, 0.15) is 34.1 Å². The molecular formula is C15H15NO5S. The number of ether oxygens (including phenoxy) is 3. The van der Waals surface area contributed by atoms with Gasteiger partial charge in [0, 0.05) is 12.3 Å². The fourth-order valence-electron chi connectivity index (χ4n) is 1.81. The van der Waals surface area contributed by atoms with Crippen LogP contribution < -0.4 is 4.74 Å². The summed E-state index contributed by atoms with van der Waals surface area (Å²) in [6.07, 6.45) is -0.674. The molecule has 0 aliphatic carbocycles. The molecule has 1 aromatic carbocycles. The van der Waals surface area contributed by atoms with Crippen molar-refractivity contribution in [3.05, 3.63) is 45.9 Å². The van der Waals surface area contributed by atoms with Crippen molar-refractivity contribution in [1.29, 1.82) is 0 Å². The first kappa shape index (κ1) is 16.0. The Morgan fingerprint density at radius 3 is 2.41 bits per heavy atom. The van der Waals surface area contributed by atoms with Gasteiger partial charge in [-0.15, -0.1) is 11.3 Å². The minimum Gasteiger partial charge on any atom is -0.497 e. The molecule has 22 heavy (non-hydrogen) atoms. The van der Waals surface area contributed by atoms with E-state index in [1.807, 2.05) is 0 Å². The summed E-state index contributed by atoms with van der Waals surface area (Å²) in [5.74, 6) is -0.269. The van der Waals surface area contributed by atoms with E-state index in [2.05, 4.69) is 9.72 Å². The Bertz CT molecular complexity index is 665. The summed E-state index contributed by atoms with van der Waals surface area (Å²) in [6, 6.07) is 7.10. The predicted octanol–water partition coefficient (Wildman–Crippen LogP) is 2.59. The lowest BCUT2D eigenvalue weighted by Gasteiger charge is -2.15. The van der Waals surface area contributed by atoms with Crippen LogP contribution in [0.25, 0.3) is 0 Å². The molecule has 1 aromatic heterocycles. The van der Waals surface area contributed by atoms with E-state index in [-0.39, 0.29) is 5.69 Å². The van der Waals surface area contributed by atoms with Crippen molar-refractivity contribution in [1.82, 2.24) is 4.98 Å². The molecule has 0 aliphatic rings. The highest BCUT2D eigenvalue weighted by Crippen LogP contribution is 2.30. The Hall–Kier alpha value is -2.41. The number of carbonyl (C=O) groups is 2. The average molecular weight is 321 g/mol. The monoisotopic (exact) mass is 321 g/mol. The molecule has 0 saturated carbocycles. The highest BCUT2D eigenvalue weighted by molar-refractivity contribution is 7.09. The van der Waals surface area contributed by atoms with Crippen molar-refractivity contribution in [2.45, 2.75) is 13.0 Å². The Kier molecular flexibility index (Phi) is 5.11. The number of aromatic nitrogens is 1. The predicted molar refractivity (Wildman–Crippen MR) is 80.1 cm³/mol. The van der Waals surface area contributed by atoms with Crippen LogP contribution in [0, 0.1) is 0 Å². The van der Waals surface area contributed by atoms with Gasteiger partial charge in [-0.1, -0.05) is 12.1 Å². The smallest absolute Gasteiger partial charge is 0.357 e. The standard InChI is InChI=1S/C15H15NO5S/c1-9(17)21-13(10-4-6-11(19-2)7-5-10)14-16-12(8-22-14)15(18)20-3/h4-8,13H,1-3H3. The molecular weight excluding hydrogens is 306 g/mol. The number of carbonyl (C=O) groups excluding carboxylic acids is 2. The summed E-state index contributed by atoms with van der Waals surface area (Å²) < 4.78 is 15.1. The molecule has 0 N–H and O–H groups in total. The van der Waals surface area contributed by atoms with Gasteiger partial charge in [0.25, 0.3) is 0 Å². The molecule has 1 unspecified atom stereocenters. The summed E-state index contributed by atoms with van der Waals surface area (Å²) >= 11 is 1.23. The number of hydrogen-bond donors (Lipinski definition) is 0. The molecule has 2 rings (SSSR count). The zero-order valence-electron chi connectivity index (χ0n) is 12.4. The van der Waals surface area contributed by atoms with E-state index in [4.69, 9.17) is 9.47 Å². The third-order valence-electron chi connectivity index (χ3n) is 2.84. The molecule has 0 fully saturated rings. The van der Waals surface area contributed by atoms with Gasteiger partial charge in [-0.25, -0.2) is 9.78 Å². The summed E-state index contributed by atoms with van der Waals surface area (Å²) in [4.78, 5) is 27.0. The largest absolute Gasteiger partial charge is 0.497 e. The van der Waals surface area contributed by atoms with Crippen LogP contribution in [0.4, 0.5) is 0 Å². The normalized spacial score (nSPS) is 11.6. The fourth-order valence-corrected chi connectivity index (χ4v) is 2.65. The van der Waals surface area contributed by atoms with Crippen LogP contribution in [0.5, 0.6) is 5.75 Å². The first-order valence-corrected chi connectivity index (χ1v) is 7.28. The van der Waals surface area contributed by atoms with Crippen molar-refractivity contribution in [2.75, 3.05) is 14.2 Å². The molecule has 0 aliphatic heterocycles. The Morgan fingerprint density at radius 1 is 1.18 bits per heavy atom. The molecule has 0 saturated heterocycles. The lowest BCUT2D eigenvalue weighted by Crippen LogP contribution is -2.11. The quantitative estimate of drug-likeness (QED) is 0.788. The first-order valence-electron chi connectivity index (χ1n) is 6.40. The van der Waals surface area contributed by atoms with E-state index in [0.717, 1.165) is 5.56 Å². The molecule has 2 aromatic rings. The van der Waals surface area contributed by atoms with E-state index in [1.54, 1.807) is 36.8 Å². The van der Waals surface area contributed by atoms with Gasteiger partial charge >= 0.3 is 11.9 Å². The summed E-state index contributed by atoms with van der Waals surface area (Å²) in [6.45, 7) is 1.32. The van der Waals surface area contributed by atoms with Gasteiger partial charge < -0.3 is 14.2 Å². The third kappa shape index (κ3) is 3.62. The highest BCUT2D eigenvalue weighted by Gasteiger charge is 2.23. The summed E-state index contributed by atoms with van der Waals surface area (Å²) in [5.41, 5.74) is 0.926. The van der Waals surface area contributed by atoms with E-state index < -0.39 is 18.0 Å². The first-order chi connectivity index (χ1) is 10.5. The van der Waals surface area contributed by atoms with Crippen molar-refractivity contribution >= 4 is 23.3 Å². The minimum atomic E-state index is -0.674. The summed E-state index contributed by atoms with van der Waals surface area (Å²) in [7, 11) is 2.86. The second-order valence-corrected chi connectivity index (χ2v) is 5.21. The Morgan fingerprint density at radius 2 is 1.86 bits per heavy atom. The van der Waals surface area contributed by atoms with Gasteiger partial charge in [0.2, 0.25) is 0 Å².